The van der Waals surface area contributed by atoms with Crippen molar-refractivity contribution in [3.8, 4) is 0 Å². The average molecular weight is 308 g/mol. The van der Waals surface area contributed by atoms with Gasteiger partial charge in [0.25, 0.3) is 0 Å². The molecule has 2 unspecified atom stereocenters. The van der Waals surface area contributed by atoms with Gasteiger partial charge in [-0.3, -0.25) is 4.79 Å². The van der Waals surface area contributed by atoms with Crippen LogP contribution >= 0.6 is 0 Å². The minimum Gasteiger partial charge on any atom is -0.466 e. The summed E-state index contributed by atoms with van der Waals surface area (Å²) in [7, 11) is 0. The number of allylic oxidation sites excluding steroid dienone is 1. The third-order valence-electron chi connectivity index (χ3n) is 4.91. The fourth-order valence-corrected chi connectivity index (χ4v) is 3.76. The largest absolute Gasteiger partial charge is 0.466 e. The standard InChI is InChI=1S/C21H24O2/c1-4-23-21(22)18-12-11-17(13-15(18)3)20-14(2)9-10-16-7-5-6-8-19(16)20/h5-10,13,17-18H,4,11-12H2,1-3H3. The molecular weight excluding hydrogens is 284 g/mol. The summed E-state index contributed by atoms with van der Waals surface area (Å²) < 4.78 is 5.21. The van der Waals surface area contributed by atoms with Gasteiger partial charge in [-0.05, 0) is 55.5 Å². The molecule has 2 aromatic carbocycles. The zero-order valence-electron chi connectivity index (χ0n) is 14.1. The van der Waals surface area contributed by atoms with E-state index in [0.717, 1.165) is 18.4 Å². The lowest BCUT2D eigenvalue weighted by molar-refractivity contribution is -0.147. The minimum absolute atomic E-state index is 0.0681. The Bertz CT molecular complexity index is 758. The van der Waals surface area contributed by atoms with Gasteiger partial charge in [0.15, 0.2) is 0 Å². The van der Waals surface area contributed by atoms with Crippen LogP contribution < -0.4 is 0 Å². The smallest absolute Gasteiger partial charge is 0.313 e. The predicted molar refractivity (Wildman–Crippen MR) is 94.5 cm³/mol. The Morgan fingerprint density at radius 1 is 1.13 bits per heavy atom. The topological polar surface area (TPSA) is 26.3 Å². The lowest BCUT2D eigenvalue weighted by Gasteiger charge is -2.28. The van der Waals surface area contributed by atoms with Crippen molar-refractivity contribution >= 4 is 16.7 Å². The molecule has 2 nitrogen and oxygen atoms in total. The fourth-order valence-electron chi connectivity index (χ4n) is 3.76. The molecule has 2 heteroatoms. The molecule has 2 aromatic rings. The molecule has 1 aliphatic rings. The molecule has 0 aliphatic heterocycles. The van der Waals surface area contributed by atoms with Crippen LogP contribution in [0.15, 0.2) is 48.0 Å². The van der Waals surface area contributed by atoms with Crippen molar-refractivity contribution in [1.82, 2.24) is 0 Å². The maximum atomic E-state index is 12.1. The molecule has 0 heterocycles. The average Bonchev–Trinajstić information content (AvgIpc) is 2.54. The van der Waals surface area contributed by atoms with Crippen molar-refractivity contribution in [3.05, 3.63) is 59.2 Å². The number of ether oxygens (including phenoxy) is 1. The van der Waals surface area contributed by atoms with E-state index in [1.165, 1.54) is 21.9 Å². The van der Waals surface area contributed by atoms with Gasteiger partial charge < -0.3 is 4.74 Å². The highest BCUT2D eigenvalue weighted by molar-refractivity contribution is 5.87. The van der Waals surface area contributed by atoms with E-state index in [-0.39, 0.29) is 11.9 Å². The van der Waals surface area contributed by atoms with E-state index in [0.29, 0.717) is 12.5 Å². The summed E-state index contributed by atoms with van der Waals surface area (Å²) >= 11 is 0. The van der Waals surface area contributed by atoms with Crippen molar-refractivity contribution in [2.75, 3.05) is 6.61 Å². The van der Waals surface area contributed by atoms with E-state index >= 15 is 0 Å². The van der Waals surface area contributed by atoms with Gasteiger partial charge >= 0.3 is 5.97 Å². The van der Waals surface area contributed by atoms with E-state index in [9.17, 15) is 4.79 Å². The number of rotatable bonds is 3. The van der Waals surface area contributed by atoms with Crippen molar-refractivity contribution in [2.24, 2.45) is 5.92 Å². The molecule has 2 atom stereocenters. The summed E-state index contributed by atoms with van der Waals surface area (Å²) in [5.41, 5.74) is 3.88. The molecule has 0 aromatic heterocycles. The lowest BCUT2D eigenvalue weighted by Crippen LogP contribution is -2.23. The first-order valence-corrected chi connectivity index (χ1v) is 8.45. The highest BCUT2D eigenvalue weighted by atomic mass is 16.5. The van der Waals surface area contributed by atoms with Crippen LogP contribution in [0.3, 0.4) is 0 Å². The summed E-state index contributed by atoms with van der Waals surface area (Å²) in [6.45, 7) is 6.56. The summed E-state index contributed by atoms with van der Waals surface area (Å²) in [6.07, 6.45) is 4.14. The maximum absolute atomic E-state index is 12.1. The Balaban J connectivity index is 1.98. The second-order valence-corrected chi connectivity index (χ2v) is 6.42. The highest BCUT2D eigenvalue weighted by Gasteiger charge is 2.28. The highest BCUT2D eigenvalue weighted by Crippen LogP contribution is 2.39. The maximum Gasteiger partial charge on any atom is 0.313 e. The van der Waals surface area contributed by atoms with Crippen LogP contribution in [0, 0.1) is 12.8 Å². The molecule has 0 fully saturated rings. The number of carbonyl (C=O) groups excluding carboxylic acids is 1. The van der Waals surface area contributed by atoms with Gasteiger partial charge in [0.2, 0.25) is 0 Å². The normalized spacial score (nSPS) is 21.1. The van der Waals surface area contributed by atoms with E-state index in [1.807, 2.05) is 6.92 Å². The zero-order chi connectivity index (χ0) is 16.4. The van der Waals surface area contributed by atoms with Gasteiger partial charge in [-0.15, -0.1) is 0 Å². The second-order valence-electron chi connectivity index (χ2n) is 6.42. The van der Waals surface area contributed by atoms with Gasteiger partial charge in [-0.25, -0.2) is 0 Å². The molecule has 120 valence electrons. The SMILES string of the molecule is CCOC(=O)C1CCC(c2c(C)ccc3ccccc23)C=C1C. The quantitative estimate of drug-likeness (QED) is 0.579. The van der Waals surface area contributed by atoms with Gasteiger partial charge in [-0.1, -0.05) is 48.0 Å². The molecule has 0 saturated heterocycles. The molecule has 0 N–H and O–H groups in total. The molecule has 0 bridgehead atoms. The number of hydrogen-bond acceptors (Lipinski definition) is 2. The van der Waals surface area contributed by atoms with Crippen molar-refractivity contribution in [3.63, 3.8) is 0 Å². The molecule has 0 spiro atoms. The van der Waals surface area contributed by atoms with Gasteiger partial charge in [0.1, 0.15) is 0 Å². The van der Waals surface area contributed by atoms with Gasteiger partial charge in [0, 0.05) is 5.92 Å². The molecule has 23 heavy (non-hydrogen) atoms. The summed E-state index contributed by atoms with van der Waals surface area (Å²) in [4.78, 5) is 12.1. The number of carbonyl (C=O) groups is 1. The third kappa shape index (κ3) is 3.03. The second kappa shape index (κ2) is 6.57. The predicted octanol–water partition coefficient (Wildman–Crippen LogP) is 5.15. The van der Waals surface area contributed by atoms with E-state index in [2.05, 4.69) is 56.3 Å². The Kier molecular flexibility index (Phi) is 4.51. The van der Waals surface area contributed by atoms with Gasteiger partial charge in [0.05, 0.1) is 12.5 Å². The summed E-state index contributed by atoms with van der Waals surface area (Å²) in [5, 5.41) is 2.61. The molecule has 0 amide bonds. The van der Waals surface area contributed by atoms with Crippen LogP contribution in [0.5, 0.6) is 0 Å². The molecule has 0 radical (unpaired) electrons. The summed E-state index contributed by atoms with van der Waals surface area (Å²) in [6, 6.07) is 13.0. The Labute approximate surface area is 138 Å². The first-order valence-electron chi connectivity index (χ1n) is 8.45. The third-order valence-corrected chi connectivity index (χ3v) is 4.91. The van der Waals surface area contributed by atoms with Crippen LogP contribution in [0.1, 0.15) is 43.7 Å². The minimum atomic E-state index is -0.0747. The Hall–Kier alpha value is -2.09. The number of esters is 1. The molecule has 3 rings (SSSR count). The monoisotopic (exact) mass is 308 g/mol. The van der Waals surface area contributed by atoms with E-state index in [1.54, 1.807) is 0 Å². The number of aryl methyl sites for hydroxylation is 1. The first-order chi connectivity index (χ1) is 11.1. The van der Waals surface area contributed by atoms with Crippen LogP contribution in [-0.4, -0.2) is 12.6 Å². The summed E-state index contributed by atoms with van der Waals surface area (Å²) in [5.74, 6) is 0.239. The van der Waals surface area contributed by atoms with Crippen molar-refractivity contribution in [1.29, 1.82) is 0 Å². The molecular formula is C21H24O2. The molecule has 1 aliphatic carbocycles. The Morgan fingerprint density at radius 3 is 2.65 bits per heavy atom. The zero-order valence-corrected chi connectivity index (χ0v) is 14.1. The molecule has 0 saturated carbocycles. The number of benzene rings is 2. The number of fused-ring (bicyclic) bond motifs is 1. The van der Waals surface area contributed by atoms with Crippen LogP contribution in [0.25, 0.3) is 10.8 Å². The van der Waals surface area contributed by atoms with Crippen LogP contribution in [0.4, 0.5) is 0 Å². The van der Waals surface area contributed by atoms with Crippen LogP contribution in [-0.2, 0) is 9.53 Å². The van der Waals surface area contributed by atoms with Crippen LogP contribution in [0.2, 0.25) is 0 Å². The van der Waals surface area contributed by atoms with Gasteiger partial charge in [-0.2, -0.15) is 0 Å². The van der Waals surface area contributed by atoms with Crippen molar-refractivity contribution < 1.29 is 9.53 Å². The lowest BCUT2D eigenvalue weighted by atomic mass is 9.77. The fraction of sp³-hybridized carbons (Fsp3) is 0.381. The van der Waals surface area contributed by atoms with E-state index < -0.39 is 0 Å². The van der Waals surface area contributed by atoms with Crippen molar-refractivity contribution in [2.45, 2.75) is 39.5 Å². The number of hydrogen-bond donors (Lipinski definition) is 0. The van der Waals surface area contributed by atoms with E-state index in [4.69, 9.17) is 4.74 Å². The first kappa shape index (κ1) is 15.8. The Morgan fingerprint density at radius 2 is 1.91 bits per heavy atom.